The van der Waals surface area contributed by atoms with Crippen molar-refractivity contribution in [2.24, 2.45) is 0 Å². The first-order valence-electron chi connectivity index (χ1n) is 10.8. The van der Waals surface area contributed by atoms with Crippen molar-refractivity contribution in [1.29, 1.82) is 0 Å². The minimum absolute atomic E-state index is 0.123. The van der Waals surface area contributed by atoms with Crippen LogP contribution >= 0.6 is 0 Å². The van der Waals surface area contributed by atoms with Crippen molar-refractivity contribution in [2.75, 3.05) is 43.7 Å². The molecule has 0 aliphatic carbocycles. The van der Waals surface area contributed by atoms with E-state index in [4.69, 9.17) is 4.74 Å². The third-order valence-corrected chi connectivity index (χ3v) is 7.78. The number of rotatable bonds is 7. The van der Waals surface area contributed by atoms with E-state index in [-0.39, 0.29) is 16.8 Å². The van der Waals surface area contributed by atoms with Crippen molar-refractivity contribution in [2.45, 2.75) is 30.7 Å². The quantitative estimate of drug-likeness (QED) is 0.665. The van der Waals surface area contributed by atoms with Gasteiger partial charge < -0.3 is 10.1 Å². The van der Waals surface area contributed by atoms with E-state index >= 15 is 0 Å². The first-order valence-corrected chi connectivity index (χ1v) is 12.2. The summed E-state index contributed by atoms with van der Waals surface area (Å²) < 4.78 is 33.2. The Balaban J connectivity index is 1.41. The Morgan fingerprint density at radius 2 is 1.87 bits per heavy atom. The molecule has 31 heavy (non-hydrogen) atoms. The van der Waals surface area contributed by atoms with Gasteiger partial charge in [0.25, 0.3) is 15.9 Å². The number of carbonyl (C=O) groups excluding carboxylic acids is 1. The summed E-state index contributed by atoms with van der Waals surface area (Å²) in [5.74, 6) is -0.123. The minimum Gasteiger partial charge on any atom is -0.379 e. The molecular weight excluding hydrogens is 414 g/mol. The molecule has 4 rings (SSSR count). The zero-order valence-electron chi connectivity index (χ0n) is 17.8. The molecule has 2 aromatic carbocycles. The molecule has 2 aliphatic rings. The van der Waals surface area contributed by atoms with E-state index in [2.05, 4.69) is 10.2 Å². The highest BCUT2D eigenvalue weighted by atomic mass is 32.2. The van der Waals surface area contributed by atoms with Gasteiger partial charge in [-0.05, 0) is 62.2 Å². The highest BCUT2D eigenvalue weighted by Crippen LogP contribution is 2.37. The zero-order valence-corrected chi connectivity index (χ0v) is 18.6. The normalized spacial score (nSPS) is 19.3. The van der Waals surface area contributed by atoms with Gasteiger partial charge in [-0.1, -0.05) is 18.2 Å². The summed E-state index contributed by atoms with van der Waals surface area (Å²) in [6.07, 6.45) is 1.47. The number of amides is 1. The number of fused-ring (bicyclic) bond motifs is 1. The van der Waals surface area contributed by atoms with Crippen molar-refractivity contribution in [1.82, 2.24) is 10.2 Å². The van der Waals surface area contributed by atoms with Crippen LogP contribution < -0.4 is 9.62 Å². The van der Waals surface area contributed by atoms with Crippen LogP contribution in [0.5, 0.6) is 0 Å². The van der Waals surface area contributed by atoms with E-state index < -0.39 is 10.0 Å². The summed E-state index contributed by atoms with van der Waals surface area (Å²) in [6.45, 7) is 6.88. The first-order chi connectivity index (χ1) is 15.0. The lowest BCUT2D eigenvalue weighted by Gasteiger charge is -2.26. The Labute approximate surface area is 184 Å². The number of hydrogen-bond donors (Lipinski definition) is 1. The van der Waals surface area contributed by atoms with Gasteiger partial charge in [0.2, 0.25) is 0 Å². The minimum atomic E-state index is -3.64. The predicted molar refractivity (Wildman–Crippen MR) is 120 cm³/mol. The van der Waals surface area contributed by atoms with Gasteiger partial charge in [0.15, 0.2) is 0 Å². The van der Waals surface area contributed by atoms with Gasteiger partial charge in [0, 0.05) is 31.2 Å². The second-order valence-electron chi connectivity index (χ2n) is 8.07. The number of carbonyl (C=O) groups is 1. The molecule has 0 spiro atoms. The van der Waals surface area contributed by atoms with Gasteiger partial charge in [-0.15, -0.1) is 0 Å². The molecule has 2 aromatic rings. The van der Waals surface area contributed by atoms with Gasteiger partial charge in [0.05, 0.1) is 23.8 Å². The Bertz CT molecular complexity index is 1020. The van der Waals surface area contributed by atoms with E-state index in [0.717, 1.165) is 44.8 Å². The maximum atomic E-state index is 13.2. The molecule has 0 unspecified atom stereocenters. The molecule has 2 aliphatic heterocycles. The third kappa shape index (κ3) is 4.76. The summed E-state index contributed by atoms with van der Waals surface area (Å²) in [4.78, 5) is 15.2. The molecular formula is C23H29N3O4S. The average molecular weight is 444 g/mol. The molecule has 2 heterocycles. The summed E-state index contributed by atoms with van der Waals surface area (Å²) in [6, 6.07) is 13.5. The number of anilines is 1. The number of nitrogens with zero attached hydrogens (tertiary/aromatic N) is 2. The molecule has 0 radical (unpaired) electrons. The number of morpholine rings is 1. The third-order valence-electron chi connectivity index (χ3n) is 5.84. The number of sulfonamides is 1. The molecule has 7 nitrogen and oxygen atoms in total. The van der Waals surface area contributed by atoms with Crippen LogP contribution in [0.15, 0.2) is 53.4 Å². The molecule has 1 atom stereocenters. The topological polar surface area (TPSA) is 79.0 Å². The lowest BCUT2D eigenvalue weighted by Crippen LogP contribution is -2.38. The average Bonchev–Trinajstić information content (AvgIpc) is 3.13. The number of hydrogen-bond acceptors (Lipinski definition) is 5. The van der Waals surface area contributed by atoms with Crippen LogP contribution in [-0.2, 0) is 21.2 Å². The first kappa shape index (κ1) is 21.8. The van der Waals surface area contributed by atoms with Crippen LogP contribution in [0.25, 0.3) is 0 Å². The van der Waals surface area contributed by atoms with Crippen LogP contribution in [0, 0.1) is 0 Å². The predicted octanol–water partition coefficient (Wildman–Crippen LogP) is 2.28. The fourth-order valence-corrected chi connectivity index (χ4v) is 5.96. The van der Waals surface area contributed by atoms with Crippen molar-refractivity contribution in [3.8, 4) is 0 Å². The number of ether oxygens (including phenoxy) is 1. The molecule has 166 valence electrons. The number of nitrogens with one attached hydrogen (secondary N) is 1. The molecule has 1 saturated heterocycles. The van der Waals surface area contributed by atoms with E-state index in [0.29, 0.717) is 24.2 Å². The standard InChI is InChI=1S/C23H29N3O4S/c1-18-16-20-17-19(23(27)24-10-5-11-25-12-14-30-15-13-25)8-9-22(20)26(18)31(28,29)21-6-3-2-4-7-21/h2-4,6-9,17-18H,5,10-16H2,1H3,(H,24,27)/t18-/m1/s1. The Kier molecular flexibility index (Phi) is 6.60. The summed E-state index contributed by atoms with van der Waals surface area (Å²) in [5, 5.41) is 2.98. The Hall–Kier alpha value is -2.42. The van der Waals surface area contributed by atoms with Crippen molar-refractivity contribution in [3.05, 3.63) is 59.7 Å². The SMILES string of the molecule is C[C@@H]1Cc2cc(C(=O)NCCCN3CCOCC3)ccc2N1S(=O)(=O)c1ccccc1. The molecule has 0 bridgehead atoms. The van der Waals surface area contributed by atoms with Crippen LogP contribution in [0.4, 0.5) is 5.69 Å². The van der Waals surface area contributed by atoms with E-state index in [1.807, 2.05) is 13.0 Å². The fourth-order valence-electron chi connectivity index (χ4n) is 4.25. The van der Waals surface area contributed by atoms with Gasteiger partial charge in [-0.3, -0.25) is 14.0 Å². The maximum absolute atomic E-state index is 13.2. The van der Waals surface area contributed by atoms with Gasteiger partial charge in [-0.2, -0.15) is 0 Å². The second-order valence-corrected chi connectivity index (χ2v) is 9.89. The molecule has 1 fully saturated rings. The number of benzene rings is 2. The van der Waals surface area contributed by atoms with Gasteiger partial charge in [-0.25, -0.2) is 8.42 Å². The van der Waals surface area contributed by atoms with Gasteiger partial charge >= 0.3 is 0 Å². The van der Waals surface area contributed by atoms with Crippen LogP contribution in [0.3, 0.4) is 0 Å². The highest BCUT2D eigenvalue weighted by Gasteiger charge is 2.36. The van der Waals surface area contributed by atoms with Crippen molar-refractivity contribution in [3.63, 3.8) is 0 Å². The van der Waals surface area contributed by atoms with Crippen LogP contribution in [-0.4, -0.2) is 64.7 Å². The van der Waals surface area contributed by atoms with Crippen LogP contribution in [0.1, 0.15) is 29.3 Å². The summed E-state index contributed by atoms with van der Waals surface area (Å²) >= 11 is 0. The van der Waals surface area contributed by atoms with Crippen molar-refractivity contribution < 1.29 is 17.9 Å². The largest absolute Gasteiger partial charge is 0.379 e. The molecule has 1 N–H and O–H groups in total. The summed E-state index contributed by atoms with van der Waals surface area (Å²) in [5.41, 5.74) is 2.10. The Morgan fingerprint density at radius 3 is 2.61 bits per heavy atom. The lowest BCUT2D eigenvalue weighted by molar-refractivity contribution is 0.0374. The van der Waals surface area contributed by atoms with Crippen LogP contribution in [0.2, 0.25) is 0 Å². The molecule has 1 amide bonds. The fraction of sp³-hybridized carbons (Fsp3) is 0.435. The maximum Gasteiger partial charge on any atom is 0.264 e. The zero-order chi connectivity index (χ0) is 21.8. The lowest BCUT2D eigenvalue weighted by atomic mass is 10.1. The molecule has 8 heteroatoms. The summed E-state index contributed by atoms with van der Waals surface area (Å²) in [7, 11) is -3.64. The Morgan fingerprint density at radius 1 is 1.13 bits per heavy atom. The highest BCUT2D eigenvalue weighted by molar-refractivity contribution is 7.92. The molecule has 0 aromatic heterocycles. The van der Waals surface area contributed by atoms with E-state index in [9.17, 15) is 13.2 Å². The second kappa shape index (κ2) is 9.38. The molecule has 0 saturated carbocycles. The van der Waals surface area contributed by atoms with Crippen molar-refractivity contribution >= 4 is 21.6 Å². The van der Waals surface area contributed by atoms with Gasteiger partial charge in [0.1, 0.15) is 0 Å². The van der Waals surface area contributed by atoms with E-state index in [1.165, 1.54) is 4.31 Å². The smallest absolute Gasteiger partial charge is 0.264 e. The van der Waals surface area contributed by atoms with E-state index in [1.54, 1.807) is 42.5 Å². The monoisotopic (exact) mass is 443 g/mol.